The van der Waals surface area contributed by atoms with Gasteiger partial charge in [0.05, 0.1) is 18.3 Å². The maximum Gasteiger partial charge on any atom is 0.240 e. The van der Waals surface area contributed by atoms with Gasteiger partial charge in [-0.25, -0.2) is 8.78 Å². The molecule has 0 aliphatic carbocycles. The van der Waals surface area contributed by atoms with Gasteiger partial charge in [0.2, 0.25) is 5.91 Å². The SMILES string of the molecule is O=C(CNc1ccc(F)cc1F)N[C@@H](c1ccccc1)c1cccs1. The van der Waals surface area contributed by atoms with Crippen molar-refractivity contribution in [1.29, 1.82) is 0 Å². The quantitative estimate of drug-likeness (QED) is 0.688. The van der Waals surface area contributed by atoms with E-state index >= 15 is 0 Å². The smallest absolute Gasteiger partial charge is 0.240 e. The molecule has 0 spiro atoms. The van der Waals surface area contributed by atoms with Crippen molar-refractivity contribution in [3.63, 3.8) is 0 Å². The van der Waals surface area contributed by atoms with E-state index in [2.05, 4.69) is 10.6 Å². The number of anilines is 1. The van der Waals surface area contributed by atoms with Crippen LogP contribution in [0.3, 0.4) is 0 Å². The van der Waals surface area contributed by atoms with E-state index < -0.39 is 11.6 Å². The molecule has 0 saturated heterocycles. The van der Waals surface area contributed by atoms with Crippen molar-refractivity contribution >= 4 is 22.9 Å². The maximum absolute atomic E-state index is 13.6. The first-order chi connectivity index (χ1) is 12.1. The normalized spacial score (nSPS) is 11.8. The van der Waals surface area contributed by atoms with Crippen LogP contribution in [0, 0.1) is 11.6 Å². The van der Waals surface area contributed by atoms with E-state index in [0.29, 0.717) is 0 Å². The summed E-state index contributed by atoms with van der Waals surface area (Å²) in [5.74, 6) is -1.68. The molecule has 25 heavy (non-hydrogen) atoms. The molecule has 3 nitrogen and oxygen atoms in total. The fraction of sp³-hybridized carbons (Fsp3) is 0.105. The molecule has 0 aliphatic heterocycles. The largest absolute Gasteiger partial charge is 0.374 e. The average molecular weight is 358 g/mol. The van der Waals surface area contributed by atoms with Crippen LogP contribution in [0.4, 0.5) is 14.5 Å². The van der Waals surface area contributed by atoms with Gasteiger partial charge in [-0.3, -0.25) is 4.79 Å². The van der Waals surface area contributed by atoms with Gasteiger partial charge in [0.15, 0.2) is 0 Å². The number of carbonyl (C=O) groups excluding carboxylic acids is 1. The fourth-order valence-electron chi connectivity index (χ4n) is 2.44. The fourth-order valence-corrected chi connectivity index (χ4v) is 3.24. The third-order valence-corrected chi connectivity index (χ3v) is 4.57. The molecule has 0 bridgehead atoms. The maximum atomic E-state index is 13.6. The van der Waals surface area contributed by atoms with Crippen molar-refractivity contribution in [3.05, 3.63) is 88.1 Å². The van der Waals surface area contributed by atoms with Gasteiger partial charge < -0.3 is 10.6 Å². The molecule has 0 radical (unpaired) electrons. The van der Waals surface area contributed by atoms with Crippen molar-refractivity contribution in [2.45, 2.75) is 6.04 Å². The molecule has 6 heteroatoms. The molecule has 3 rings (SSSR count). The van der Waals surface area contributed by atoms with Gasteiger partial charge in [-0.05, 0) is 29.1 Å². The summed E-state index contributed by atoms with van der Waals surface area (Å²) >= 11 is 1.55. The average Bonchev–Trinajstić information content (AvgIpc) is 3.14. The van der Waals surface area contributed by atoms with Crippen LogP contribution < -0.4 is 10.6 Å². The monoisotopic (exact) mass is 358 g/mol. The predicted molar refractivity (Wildman–Crippen MR) is 95.6 cm³/mol. The van der Waals surface area contributed by atoms with Crippen LogP contribution in [0.1, 0.15) is 16.5 Å². The van der Waals surface area contributed by atoms with Crippen LogP contribution in [0.25, 0.3) is 0 Å². The minimum atomic E-state index is -0.731. The highest BCUT2D eigenvalue weighted by molar-refractivity contribution is 7.10. The standard InChI is InChI=1S/C19H16F2N2OS/c20-14-8-9-16(15(21)11-14)22-12-18(24)23-19(17-7-4-10-25-17)13-5-2-1-3-6-13/h1-11,19,22H,12H2,(H,23,24)/t19-/m0/s1. The van der Waals surface area contributed by atoms with Crippen LogP contribution in [-0.4, -0.2) is 12.5 Å². The second-order valence-corrected chi connectivity index (χ2v) is 6.38. The number of nitrogens with one attached hydrogen (secondary N) is 2. The molecule has 0 aliphatic rings. The Labute approximate surface area is 148 Å². The van der Waals surface area contributed by atoms with Crippen molar-refractivity contribution in [3.8, 4) is 0 Å². The molecule has 1 amide bonds. The van der Waals surface area contributed by atoms with Crippen molar-refractivity contribution in [2.75, 3.05) is 11.9 Å². The summed E-state index contributed by atoms with van der Waals surface area (Å²) in [5, 5.41) is 7.59. The van der Waals surface area contributed by atoms with Crippen molar-refractivity contribution < 1.29 is 13.6 Å². The Hall–Kier alpha value is -2.73. The zero-order chi connectivity index (χ0) is 17.6. The second-order valence-electron chi connectivity index (χ2n) is 5.40. The Kier molecular flexibility index (Phi) is 5.40. The molecule has 1 aromatic heterocycles. The molecule has 2 N–H and O–H groups in total. The van der Waals surface area contributed by atoms with Gasteiger partial charge in [-0.15, -0.1) is 11.3 Å². The third kappa shape index (κ3) is 4.42. The van der Waals surface area contributed by atoms with Gasteiger partial charge >= 0.3 is 0 Å². The van der Waals surface area contributed by atoms with Crippen molar-refractivity contribution in [2.24, 2.45) is 0 Å². The molecule has 2 aromatic carbocycles. The zero-order valence-corrected chi connectivity index (χ0v) is 14.0. The summed E-state index contributed by atoms with van der Waals surface area (Å²) in [5.41, 5.74) is 1.05. The highest BCUT2D eigenvalue weighted by Gasteiger charge is 2.17. The van der Waals surface area contributed by atoms with Gasteiger partial charge in [0.25, 0.3) is 0 Å². The minimum absolute atomic E-state index is 0.0870. The molecule has 1 atom stereocenters. The van der Waals surface area contributed by atoms with E-state index in [1.54, 1.807) is 11.3 Å². The first kappa shape index (κ1) is 17.1. The summed E-state index contributed by atoms with van der Waals surface area (Å²) in [6, 6.07) is 16.4. The number of hydrogen-bond acceptors (Lipinski definition) is 3. The molecular weight excluding hydrogens is 342 g/mol. The first-order valence-electron chi connectivity index (χ1n) is 7.70. The van der Waals surface area contributed by atoms with Crippen LogP contribution in [0.15, 0.2) is 66.0 Å². The zero-order valence-electron chi connectivity index (χ0n) is 13.2. The minimum Gasteiger partial charge on any atom is -0.374 e. The van der Waals surface area contributed by atoms with Crippen LogP contribution >= 0.6 is 11.3 Å². The third-order valence-electron chi connectivity index (χ3n) is 3.64. The molecule has 0 saturated carbocycles. The summed E-state index contributed by atoms with van der Waals surface area (Å²) in [7, 11) is 0. The van der Waals surface area contributed by atoms with E-state index in [-0.39, 0.29) is 24.2 Å². The topological polar surface area (TPSA) is 41.1 Å². The molecule has 3 aromatic rings. The predicted octanol–water partition coefficient (Wildman–Crippen LogP) is 4.34. The Bertz CT molecular complexity index is 838. The summed E-state index contributed by atoms with van der Waals surface area (Å²) in [6.07, 6.45) is 0. The van der Waals surface area contributed by atoms with Crippen LogP contribution in [0.5, 0.6) is 0 Å². The highest BCUT2D eigenvalue weighted by atomic mass is 32.1. The van der Waals surface area contributed by atoms with Gasteiger partial charge in [-0.2, -0.15) is 0 Å². The van der Waals surface area contributed by atoms with Gasteiger partial charge in [0.1, 0.15) is 11.6 Å². The summed E-state index contributed by atoms with van der Waals surface area (Å²) < 4.78 is 26.5. The Balaban J connectivity index is 1.68. The highest BCUT2D eigenvalue weighted by Crippen LogP contribution is 2.25. The van der Waals surface area contributed by atoms with E-state index in [0.717, 1.165) is 22.6 Å². The number of hydrogen-bond donors (Lipinski definition) is 2. The number of halogens is 2. The lowest BCUT2D eigenvalue weighted by molar-refractivity contribution is -0.119. The number of benzene rings is 2. The lowest BCUT2D eigenvalue weighted by Crippen LogP contribution is -2.33. The van der Waals surface area contributed by atoms with Crippen molar-refractivity contribution in [1.82, 2.24) is 5.32 Å². The lowest BCUT2D eigenvalue weighted by atomic mass is 10.1. The number of rotatable bonds is 6. The van der Waals surface area contributed by atoms with Crippen LogP contribution in [0.2, 0.25) is 0 Å². The van der Waals surface area contributed by atoms with Crippen LogP contribution in [-0.2, 0) is 4.79 Å². The first-order valence-corrected chi connectivity index (χ1v) is 8.58. The van der Waals surface area contributed by atoms with E-state index in [4.69, 9.17) is 0 Å². The number of carbonyl (C=O) groups is 1. The van der Waals surface area contributed by atoms with Gasteiger partial charge in [-0.1, -0.05) is 36.4 Å². The van der Waals surface area contributed by atoms with Gasteiger partial charge in [0, 0.05) is 10.9 Å². The van der Waals surface area contributed by atoms with E-state index in [1.165, 1.54) is 6.07 Å². The summed E-state index contributed by atoms with van der Waals surface area (Å²) in [6.45, 7) is -0.114. The number of thiophene rings is 1. The molecule has 0 unspecified atom stereocenters. The Morgan fingerprint density at radius 3 is 2.52 bits per heavy atom. The summed E-state index contributed by atoms with van der Waals surface area (Å²) in [4.78, 5) is 13.3. The molecular formula is C19H16F2N2OS. The molecule has 1 heterocycles. The Morgan fingerprint density at radius 2 is 1.84 bits per heavy atom. The molecule has 0 fully saturated rings. The molecule has 128 valence electrons. The Morgan fingerprint density at radius 1 is 1.04 bits per heavy atom. The number of amides is 1. The lowest BCUT2D eigenvalue weighted by Gasteiger charge is -2.18. The van der Waals surface area contributed by atoms with E-state index in [1.807, 2.05) is 47.8 Å². The second kappa shape index (κ2) is 7.90. The van der Waals surface area contributed by atoms with E-state index in [9.17, 15) is 13.6 Å².